The number of ether oxygens (including phenoxy) is 1. The fourth-order valence-electron chi connectivity index (χ4n) is 1.59. The molecule has 0 radical (unpaired) electrons. The van der Waals surface area contributed by atoms with Crippen molar-refractivity contribution < 1.29 is 4.74 Å². The van der Waals surface area contributed by atoms with Crippen LogP contribution in [0.3, 0.4) is 0 Å². The van der Waals surface area contributed by atoms with Gasteiger partial charge in [-0.05, 0) is 37.1 Å². The average molecular weight is 201 g/mol. The van der Waals surface area contributed by atoms with Crippen molar-refractivity contribution in [2.75, 3.05) is 6.54 Å². The van der Waals surface area contributed by atoms with E-state index in [9.17, 15) is 0 Å². The third-order valence-electron chi connectivity index (χ3n) is 2.40. The molecule has 2 N–H and O–H groups in total. The van der Waals surface area contributed by atoms with E-state index in [1.54, 1.807) is 0 Å². The molecule has 1 aliphatic rings. The van der Waals surface area contributed by atoms with E-state index in [0.29, 0.717) is 6.54 Å². The molecule has 0 saturated carbocycles. The highest BCUT2D eigenvalue weighted by Gasteiger charge is 2.05. The lowest BCUT2D eigenvalue weighted by molar-refractivity contribution is 0.437. The second kappa shape index (κ2) is 4.80. The third kappa shape index (κ3) is 2.70. The van der Waals surface area contributed by atoms with Crippen molar-refractivity contribution in [2.45, 2.75) is 12.8 Å². The van der Waals surface area contributed by atoms with Gasteiger partial charge in [-0.15, -0.1) is 0 Å². The maximum Gasteiger partial charge on any atom is 0.127 e. The van der Waals surface area contributed by atoms with E-state index in [0.717, 1.165) is 24.4 Å². The summed E-state index contributed by atoms with van der Waals surface area (Å²) >= 11 is 0. The van der Waals surface area contributed by atoms with Crippen molar-refractivity contribution >= 4 is 0 Å². The van der Waals surface area contributed by atoms with E-state index >= 15 is 0 Å². The van der Waals surface area contributed by atoms with Crippen molar-refractivity contribution in [3.8, 4) is 5.75 Å². The molecule has 0 atom stereocenters. The van der Waals surface area contributed by atoms with Crippen molar-refractivity contribution in [3.05, 3.63) is 53.8 Å². The molecule has 0 heterocycles. The molecule has 2 heteroatoms. The van der Waals surface area contributed by atoms with Gasteiger partial charge < -0.3 is 10.5 Å². The van der Waals surface area contributed by atoms with Crippen LogP contribution in [0.25, 0.3) is 0 Å². The SMILES string of the molecule is NCC1=CC(Oc2ccccc2)=CCC1. The molecular formula is C13H15NO. The molecule has 0 unspecified atom stereocenters. The molecule has 0 bridgehead atoms. The molecule has 78 valence electrons. The van der Waals surface area contributed by atoms with Crippen molar-refractivity contribution in [2.24, 2.45) is 5.73 Å². The molecular weight excluding hydrogens is 186 g/mol. The Hall–Kier alpha value is -1.54. The van der Waals surface area contributed by atoms with Crippen LogP contribution in [-0.4, -0.2) is 6.54 Å². The van der Waals surface area contributed by atoms with Crippen LogP contribution < -0.4 is 10.5 Å². The van der Waals surface area contributed by atoms with Crippen LogP contribution in [0.4, 0.5) is 0 Å². The minimum absolute atomic E-state index is 0.621. The Labute approximate surface area is 90.1 Å². The Kier molecular flexibility index (Phi) is 3.20. The third-order valence-corrected chi connectivity index (χ3v) is 2.40. The molecule has 0 aromatic heterocycles. The Morgan fingerprint density at radius 1 is 1.20 bits per heavy atom. The first kappa shape index (κ1) is 9.99. The molecule has 2 nitrogen and oxygen atoms in total. The fraction of sp³-hybridized carbons (Fsp3) is 0.231. The zero-order valence-corrected chi connectivity index (χ0v) is 8.65. The van der Waals surface area contributed by atoms with Crippen LogP contribution >= 0.6 is 0 Å². The van der Waals surface area contributed by atoms with Gasteiger partial charge in [-0.1, -0.05) is 23.8 Å². The number of benzene rings is 1. The highest BCUT2D eigenvalue weighted by molar-refractivity contribution is 5.30. The van der Waals surface area contributed by atoms with Gasteiger partial charge >= 0.3 is 0 Å². The van der Waals surface area contributed by atoms with Gasteiger partial charge in [0.15, 0.2) is 0 Å². The largest absolute Gasteiger partial charge is 0.458 e. The summed E-state index contributed by atoms with van der Waals surface area (Å²) in [5.41, 5.74) is 6.86. The zero-order valence-electron chi connectivity index (χ0n) is 8.65. The molecule has 2 rings (SSSR count). The van der Waals surface area contributed by atoms with Crippen LogP contribution in [0, 0.1) is 0 Å². The minimum Gasteiger partial charge on any atom is -0.458 e. The Bertz CT molecular complexity index is 379. The van der Waals surface area contributed by atoms with E-state index in [1.165, 1.54) is 5.57 Å². The summed E-state index contributed by atoms with van der Waals surface area (Å²) in [6, 6.07) is 9.80. The maximum absolute atomic E-state index is 5.72. The average Bonchev–Trinajstić information content (AvgIpc) is 2.31. The minimum atomic E-state index is 0.621. The van der Waals surface area contributed by atoms with Crippen LogP contribution in [-0.2, 0) is 0 Å². The van der Waals surface area contributed by atoms with E-state index in [2.05, 4.69) is 6.08 Å². The van der Waals surface area contributed by atoms with Crippen LogP contribution in [0.2, 0.25) is 0 Å². The molecule has 0 spiro atoms. The van der Waals surface area contributed by atoms with E-state index < -0.39 is 0 Å². The van der Waals surface area contributed by atoms with Crippen LogP contribution in [0.5, 0.6) is 5.75 Å². The van der Waals surface area contributed by atoms with Gasteiger partial charge in [0.05, 0.1) is 0 Å². The van der Waals surface area contributed by atoms with Crippen molar-refractivity contribution in [3.63, 3.8) is 0 Å². The topological polar surface area (TPSA) is 35.2 Å². The Morgan fingerprint density at radius 3 is 2.73 bits per heavy atom. The first-order valence-electron chi connectivity index (χ1n) is 5.21. The van der Waals surface area contributed by atoms with Gasteiger partial charge in [0, 0.05) is 6.54 Å². The van der Waals surface area contributed by atoms with Crippen LogP contribution in [0.1, 0.15) is 12.8 Å². The summed E-state index contributed by atoms with van der Waals surface area (Å²) in [6.45, 7) is 0.621. The molecule has 0 aliphatic heterocycles. The van der Waals surface area contributed by atoms with Gasteiger partial charge in [0.25, 0.3) is 0 Å². The lowest BCUT2D eigenvalue weighted by Crippen LogP contribution is -2.07. The smallest absolute Gasteiger partial charge is 0.127 e. The molecule has 0 saturated heterocycles. The molecule has 0 amide bonds. The van der Waals surface area contributed by atoms with Crippen LogP contribution in [0.15, 0.2) is 53.8 Å². The van der Waals surface area contributed by atoms with Gasteiger partial charge in [-0.3, -0.25) is 0 Å². The number of hydrogen-bond acceptors (Lipinski definition) is 2. The number of hydrogen-bond donors (Lipinski definition) is 1. The zero-order chi connectivity index (χ0) is 10.5. The highest BCUT2D eigenvalue weighted by Crippen LogP contribution is 2.20. The summed E-state index contributed by atoms with van der Waals surface area (Å²) in [5.74, 6) is 1.78. The quantitative estimate of drug-likeness (QED) is 0.815. The number of nitrogens with two attached hydrogens (primary N) is 1. The van der Waals surface area contributed by atoms with Gasteiger partial charge in [0.2, 0.25) is 0 Å². The van der Waals surface area contributed by atoms with Gasteiger partial charge in [0.1, 0.15) is 11.5 Å². The molecule has 1 aliphatic carbocycles. The van der Waals surface area contributed by atoms with Crippen molar-refractivity contribution in [1.82, 2.24) is 0 Å². The molecule has 1 aromatic rings. The lowest BCUT2D eigenvalue weighted by atomic mass is 10.0. The normalized spacial score (nSPS) is 15.5. The molecule has 1 aromatic carbocycles. The second-order valence-electron chi connectivity index (χ2n) is 3.57. The van der Waals surface area contributed by atoms with Gasteiger partial charge in [-0.2, -0.15) is 0 Å². The standard InChI is InChI=1S/C13H15NO/c14-10-11-5-4-8-13(9-11)15-12-6-2-1-3-7-12/h1-3,6-9H,4-5,10,14H2. The summed E-state index contributed by atoms with van der Waals surface area (Å²) < 4.78 is 5.72. The number of allylic oxidation sites excluding steroid dienone is 2. The number of rotatable bonds is 3. The molecule has 0 fully saturated rings. The monoisotopic (exact) mass is 201 g/mol. The Morgan fingerprint density at radius 2 is 2.00 bits per heavy atom. The second-order valence-corrected chi connectivity index (χ2v) is 3.57. The van der Waals surface area contributed by atoms with E-state index in [4.69, 9.17) is 10.5 Å². The predicted molar refractivity (Wildman–Crippen MR) is 61.5 cm³/mol. The maximum atomic E-state index is 5.72. The van der Waals surface area contributed by atoms with Gasteiger partial charge in [-0.25, -0.2) is 0 Å². The fourth-order valence-corrected chi connectivity index (χ4v) is 1.59. The summed E-state index contributed by atoms with van der Waals surface area (Å²) in [7, 11) is 0. The Balaban J connectivity index is 2.07. The van der Waals surface area contributed by atoms with E-state index in [1.807, 2.05) is 36.4 Å². The summed E-state index contributed by atoms with van der Waals surface area (Å²) in [5, 5.41) is 0. The molecule has 15 heavy (non-hydrogen) atoms. The predicted octanol–water partition coefficient (Wildman–Crippen LogP) is 2.63. The summed E-state index contributed by atoms with van der Waals surface area (Å²) in [4.78, 5) is 0. The van der Waals surface area contributed by atoms with Crippen molar-refractivity contribution in [1.29, 1.82) is 0 Å². The number of para-hydroxylation sites is 1. The van der Waals surface area contributed by atoms with E-state index in [-0.39, 0.29) is 0 Å². The lowest BCUT2D eigenvalue weighted by Gasteiger charge is -2.13. The first-order chi connectivity index (χ1) is 7.38. The highest BCUT2D eigenvalue weighted by atomic mass is 16.5. The summed E-state index contributed by atoms with van der Waals surface area (Å²) in [6.07, 6.45) is 6.21. The first-order valence-corrected chi connectivity index (χ1v) is 5.21.